The highest BCUT2D eigenvalue weighted by Gasteiger charge is 2.27. The zero-order valence-corrected chi connectivity index (χ0v) is 11.9. The molecule has 100 valence electrons. The molecule has 2 saturated carbocycles. The van der Waals surface area contributed by atoms with E-state index in [1.807, 2.05) is 0 Å². The van der Waals surface area contributed by atoms with Crippen LogP contribution in [0.5, 0.6) is 0 Å². The summed E-state index contributed by atoms with van der Waals surface area (Å²) in [5.41, 5.74) is 0.584. The summed E-state index contributed by atoms with van der Waals surface area (Å²) in [5, 5.41) is 3.82. The minimum absolute atomic E-state index is 0.584. The van der Waals surface area contributed by atoms with Gasteiger partial charge in [-0.2, -0.15) is 0 Å². The molecule has 0 spiro atoms. The molecule has 0 aliphatic heterocycles. The maximum absolute atomic E-state index is 3.82. The Morgan fingerprint density at radius 3 is 2.47 bits per heavy atom. The van der Waals surface area contributed by atoms with Gasteiger partial charge in [0.25, 0.3) is 0 Å². The molecule has 1 heteroatoms. The fraction of sp³-hybridized carbons (Fsp3) is 1.00. The van der Waals surface area contributed by atoms with E-state index in [9.17, 15) is 0 Å². The number of hydrogen-bond acceptors (Lipinski definition) is 1. The molecule has 0 radical (unpaired) electrons. The van der Waals surface area contributed by atoms with Crippen LogP contribution in [0, 0.1) is 11.3 Å². The molecule has 0 amide bonds. The number of nitrogens with one attached hydrogen (secondary N) is 1. The third kappa shape index (κ3) is 4.62. The lowest BCUT2D eigenvalue weighted by Crippen LogP contribution is -2.38. The predicted molar refractivity (Wildman–Crippen MR) is 75.2 cm³/mol. The predicted octanol–water partition coefficient (Wildman–Crippen LogP) is 4.52. The first kappa shape index (κ1) is 13.4. The monoisotopic (exact) mass is 237 g/mol. The Kier molecular flexibility index (Phi) is 4.90. The van der Waals surface area contributed by atoms with Crippen molar-refractivity contribution in [1.29, 1.82) is 0 Å². The lowest BCUT2D eigenvalue weighted by molar-refractivity contribution is 0.195. The van der Waals surface area contributed by atoms with Gasteiger partial charge >= 0.3 is 0 Å². The molecule has 0 aromatic heterocycles. The largest absolute Gasteiger partial charge is 0.314 e. The van der Waals surface area contributed by atoms with Gasteiger partial charge in [-0.25, -0.2) is 0 Å². The molecule has 0 heterocycles. The third-order valence-electron chi connectivity index (χ3n) is 4.92. The fourth-order valence-corrected chi connectivity index (χ4v) is 3.84. The van der Waals surface area contributed by atoms with Gasteiger partial charge in [0.1, 0.15) is 0 Å². The van der Waals surface area contributed by atoms with E-state index in [0.717, 1.165) is 12.0 Å². The summed E-state index contributed by atoms with van der Waals surface area (Å²) in [6.07, 6.45) is 14.5. The first-order valence-electron chi connectivity index (χ1n) is 7.89. The second-order valence-corrected chi connectivity index (χ2v) is 7.20. The van der Waals surface area contributed by atoms with Gasteiger partial charge in [-0.1, -0.05) is 52.4 Å². The van der Waals surface area contributed by atoms with E-state index in [2.05, 4.69) is 19.2 Å². The van der Waals surface area contributed by atoms with Crippen molar-refractivity contribution in [2.24, 2.45) is 11.3 Å². The number of hydrogen-bond donors (Lipinski definition) is 1. The summed E-state index contributed by atoms with van der Waals surface area (Å²) >= 11 is 0. The highest BCUT2D eigenvalue weighted by Crippen LogP contribution is 2.35. The Labute approximate surface area is 108 Å². The van der Waals surface area contributed by atoms with Crippen molar-refractivity contribution in [1.82, 2.24) is 5.32 Å². The Morgan fingerprint density at radius 1 is 1.00 bits per heavy atom. The Bertz CT molecular complexity index is 216. The van der Waals surface area contributed by atoms with Crippen LogP contribution in [0.2, 0.25) is 0 Å². The van der Waals surface area contributed by atoms with Gasteiger partial charge in [-0.3, -0.25) is 0 Å². The minimum Gasteiger partial charge on any atom is -0.314 e. The molecule has 2 rings (SSSR count). The van der Waals surface area contributed by atoms with Crippen LogP contribution in [0.1, 0.15) is 78.1 Å². The molecule has 0 aromatic rings. The molecule has 2 aliphatic carbocycles. The molecule has 17 heavy (non-hydrogen) atoms. The summed E-state index contributed by atoms with van der Waals surface area (Å²) in [7, 11) is 0. The van der Waals surface area contributed by atoms with Crippen LogP contribution in [0.4, 0.5) is 0 Å². The molecule has 1 nitrogen and oxygen atoms in total. The topological polar surface area (TPSA) is 12.0 Å². The van der Waals surface area contributed by atoms with Crippen molar-refractivity contribution in [3.63, 3.8) is 0 Å². The molecule has 2 aliphatic rings. The zero-order valence-electron chi connectivity index (χ0n) is 11.9. The van der Waals surface area contributed by atoms with Gasteiger partial charge in [-0.05, 0) is 43.6 Å². The zero-order chi connectivity index (χ0) is 12.1. The van der Waals surface area contributed by atoms with Crippen LogP contribution in [-0.4, -0.2) is 12.6 Å². The summed E-state index contributed by atoms with van der Waals surface area (Å²) in [5.74, 6) is 1.04. The smallest absolute Gasteiger partial charge is 0.00721 e. The van der Waals surface area contributed by atoms with Crippen molar-refractivity contribution in [3.05, 3.63) is 0 Å². The summed E-state index contributed by atoms with van der Waals surface area (Å²) in [6.45, 7) is 6.13. The fourth-order valence-electron chi connectivity index (χ4n) is 3.84. The molecule has 1 atom stereocenters. The van der Waals surface area contributed by atoms with Gasteiger partial charge in [0.15, 0.2) is 0 Å². The minimum atomic E-state index is 0.584. The van der Waals surface area contributed by atoms with Gasteiger partial charge in [-0.15, -0.1) is 0 Å². The lowest BCUT2D eigenvalue weighted by atomic mass is 9.75. The normalized spacial score (nSPS) is 30.4. The SMILES string of the molecule is CC1(C)CCCC(NCCC2CCCCC2)C1. The van der Waals surface area contributed by atoms with E-state index in [0.29, 0.717) is 5.41 Å². The van der Waals surface area contributed by atoms with Crippen LogP contribution in [0.3, 0.4) is 0 Å². The van der Waals surface area contributed by atoms with E-state index >= 15 is 0 Å². The third-order valence-corrected chi connectivity index (χ3v) is 4.92. The van der Waals surface area contributed by atoms with Crippen LogP contribution >= 0.6 is 0 Å². The van der Waals surface area contributed by atoms with Crippen molar-refractivity contribution in [3.8, 4) is 0 Å². The molecule has 0 bridgehead atoms. The Balaban J connectivity index is 1.61. The van der Waals surface area contributed by atoms with Crippen molar-refractivity contribution in [2.45, 2.75) is 84.1 Å². The maximum atomic E-state index is 3.82. The van der Waals surface area contributed by atoms with E-state index in [1.165, 1.54) is 70.8 Å². The second-order valence-electron chi connectivity index (χ2n) is 7.20. The van der Waals surface area contributed by atoms with Crippen LogP contribution in [0.15, 0.2) is 0 Å². The van der Waals surface area contributed by atoms with E-state index in [-0.39, 0.29) is 0 Å². The molecular formula is C16H31N. The highest BCUT2D eigenvalue weighted by molar-refractivity contribution is 4.83. The molecule has 1 N–H and O–H groups in total. The maximum Gasteiger partial charge on any atom is 0.00721 e. The van der Waals surface area contributed by atoms with Crippen molar-refractivity contribution >= 4 is 0 Å². The van der Waals surface area contributed by atoms with E-state index in [4.69, 9.17) is 0 Å². The molecular weight excluding hydrogens is 206 g/mol. The molecule has 0 aromatic carbocycles. The quantitative estimate of drug-likeness (QED) is 0.758. The van der Waals surface area contributed by atoms with Gasteiger partial charge in [0.05, 0.1) is 0 Å². The Morgan fingerprint density at radius 2 is 1.76 bits per heavy atom. The van der Waals surface area contributed by atoms with Gasteiger partial charge in [0, 0.05) is 6.04 Å². The standard InChI is InChI=1S/C16H31N/c1-16(2)11-6-9-15(13-16)17-12-10-14-7-4-3-5-8-14/h14-15,17H,3-13H2,1-2H3. The molecule has 1 unspecified atom stereocenters. The van der Waals surface area contributed by atoms with E-state index < -0.39 is 0 Å². The first-order valence-corrected chi connectivity index (χ1v) is 7.89. The summed E-state index contributed by atoms with van der Waals surface area (Å²) < 4.78 is 0. The number of rotatable bonds is 4. The van der Waals surface area contributed by atoms with E-state index in [1.54, 1.807) is 0 Å². The molecule has 2 fully saturated rings. The summed E-state index contributed by atoms with van der Waals surface area (Å²) in [4.78, 5) is 0. The second kappa shape index (κ2) is 6.22. The summed E-state index contributed by atoms with van der Waals surface area (Å²) in [6, 6.07) is 0.808. The van der Waals surface area contributed by atoms with Crippen LogP contribution in [0.25, 0.3) is 0 Å². The van der Waals surface area contributed by atoms with Crippen molar-refractivity contribution < 1.29 is 0 Å². The highest BCUT2D eigenvalue weighted by atomic mass is 14.9. The average molecular weight is 237 g/mol. The van der Waals surface area contributed by atoms with Crippen LogP contribution < -0.4 is 5.32 Å². The van der Waals surface area contributed by atoms with Gasteiger partial charge in [0.2, 0.25) is 0 Å². The lowest BCUT2D eigenvalue weighted by Gasteiger charge is -2.36. The first-order chi connectivity index (χ1) is 8.16. The molecule has 0 saturated heterocycles. The van der Waals surface area contributed by atoms with Gasteiger partial charge < -0.3 is 5.32 Å². The van der Waals surface area contributed by atoms with Crippen molar-refractivity contribution in [2.75, 3.05) is 6.54 Å². The van der Waals surface area contributed by atoms with Crippen LogP contribution in [-0.2, 0) is 0 Å². The average Bonchev–Trinajstić information content (AvgIpc) is 2.29. The Hall–Kier alpha value is -0.0400.